The van der Waals surface area contributed by atoms with Crippen molar-refractivity contribution in [3.8, 4) is 0 Å². The van der Waals surface area contributed by atoms with Gasteiger partial charge in [-0.15, -0.1) is 0 Å². The molecule has 0 bridgehead atoms. The van der Waals surface area contributed by atoms with Crippen molar-refractivity contribution in [2.75, 3.05) is 44.2 Å². The minimum Gasteiger partial charge on any atom is -0.367 e. The molecule has 0 radical (unpaired) electrons. The van der Waals surface area contributed by atoms with Gasteiger partial charge in [0.25, 0.3) is 0 Å². The maximum atomic E-state index is 14.1. The van der Waals surface area contributed by atoms with E-state index in [1.807, 2.05) is 12.1 Å². The second-order valence-corrected chi connectivity index (χ2v) is 5.74. The largest absolute Gasteiger partial charge is 0.367 e. The third-order valence-electron chi connectivity index (χ3n) is 4.21. The number of likely N-dealkylation sites (N-methyl/N-ethyl adjacent to an activating group) is 1. The van der Waals surface area contributed by atoms with E-state index in [-0.39, 0.29) is 5.82 Å². The third kappa shape index (κ3) is 4.68. The highest BCUT2D eigenvalue weighted by Crippen LogP contribution is 2.22. The average molecular weight is 293 g/mol. The van der Waals surface area contributed by atoms with E-state index in [4.69, 9.17) is 0 Å². The molecule has 1 aromatic carbocycles. The Balaban J connectivity index is 1.95. The summed E-state index contributed by atoms with van der Waals surface area (Å²) in [6, 6.07) is 5.51. The molecule has 0 unspecified atom stereocenters. The van der Waals surface area contributed by atoms with Gasteiger partial charge in [0, 0.05) is 32.7 Å². The predicted molar refractivity (Wildman–Crippen MR) is 87.3 cm³/mol. The Bertz CT molecular complexity index is 428. The summed E-state index contributed by atoms with van der Waals surface area (Å²) in [5.41, 5.74) is 1.93. The van der Waals surface area contributed by atoms with Crippen molar-refractivity contribution in [1.29, 1.82) is 0 Å². The van der Waals surface area contributed by atoms with Crippen LogP contribution in [0.1, 0.15) is 32.3 Å². The molecule has 3 nitrogen and oxygen atoms in total. The molecule has 1 N–H and O–H groups in total. The van der Waals surface area contributed by atoms with Crippen molar-refractivity contribution in [2.24, 2.45) is 0 Å². The van der Waals surface area contributed by atoms with Crippen molar-refractivity contribution in [2.45, 2.75) is 33.2 Å². The molecule has 0 aliphatic carbocycles. The van der Waals surface area contributed by atoms with Crippen LogP contribution in [-0.4, -0.2) is 44.2 Å². The normalized spacial score (nSPS) is 16.4. The number of benzene rings is 1. The highest BCUT2D eigenvalue weighted by Gasteiger charge is 2.18. The van der Waals surface area contributed by atoms with Crippen molar-refractivity contribution in [3.63, 3.8) is 0 Å². The molecule has 1 aliphatic heterocycles. The minimum atomic E-state index is -0.0998. The second kappa shape index (κ2) is 8.35. The summed E-state index contributed by atoms with van der Waals surface area (Å²) in [7, 11) is 0. The Morgan fingerprint density at radius 3 is 2.57 bits per heavy atom. The first kappa shape index (κ1) is 16.2. The smallest absolute Gasteiger partial charge is 0.146 e. The van der Waals surface area contributed by atoms with E-state index in [0.29, 0.717) is 0 Å². The van der Waals surface area contributed by atoms with E-state index in [9.17, 15) is 4.39 Å². The van der Waals surface area contributed by atoms with E-state index < -0.39 is 0 Å². The maximum Gasteiger partial charge on any atom is 0.146 e. The second-order valence-electron chi connectivity index (χ2n) is 5.74. The number of nitrogens with one attached hydrogen (secondary N) is 1. The molecule has 118 valence electrons. The van der Waals surface area contributed by atoms with Gasteiger partial charge in [0.15, 0.2) is 0 Å². The molecular weight excluding hydrogens is 265 g/mol. The summed E-state index contributed by atoms with van der Waals surface area (Å²) < 4.78 is 14.1. The highest BCUT2D eigenvalue weighted by molar-refractivity contribution is 5.50. The van der Waals surface area contributed by atoms with Gasteiger partial charge in [0.05, 0.1) is 5.69 Å². The van der Waals surface area contributed by atoms with Crippen LogP contribution in [0.3, 0.4) is 0 Å². The predicted octanol–water partition coefficient (Wildman–Crippen LogP) is 2.86. The molecule has 0 aromatic heterocycles. The Kier molecular flexibility index (Phi) is 6.46. The van der Waals surface area contributed by atoms with E-state index >= 15 is 0 Å². The van der Waals surface area contributed by atoms with Crippen molar-refractivity contribution < 1.29 is 4.39 Å². The lowest BCUT2D eigenvalue weighted by molar-refractivity contribution is 0.270. The van der Waals surface area contributed by atoms with Crippen LogP contribution in [-0.2, 0) is 6.54 Å². The van der Waals surface area contributed by atoms with Gasteiger partial charge < -0.3 is 15.1 Å². The van der Waals surface area contributed by atoms with Crippen molar-refractivity contribution >= 4 is 5.69 Å². The molecule has 1 aliphatic rings. The standard InChI is InChI=1S/C17H28FN3/c1-3-5-8-19-14-15-6-7-16(18)17(13-15)21-11-9-20(4-2)10-12-21/h6-7,13,19H,3-5,8-12,14H2,1-2H3. The van der Waals surface area contributed by atoms with Crippen LogP contribution < -0.4 is 10.2 Å². The highest BCUT2D eigenvalue weighted by atomic mass is 19.1. The zero-order valence-electron chi connectivity index (χ0n) is 13.4. The number of halogens is 1. The molecule has 0 spiro atoms. The molecule has 1 heterocycles. The lowest BCUT2D eigenvalue weighted by atomic mass is 10.1. The van der Waals surface area contributed by atoms with Crippen LogP contribution in [0.25, 0.3) is 0 Å². The van der Waals surface area contributed by atoms with Crippen LogP contribution in [0.4, 0.5) is 10.1 Å². The Morgan fingerprint density at radius 2 is 1.90 bits per heavy atom. The Morgan fingerprint density at radius 1 is 1.14 bits per heavy atom. The number of hydrogen-bond acceptors (Lipinski definition) is 3. The van der Waals surface area contributed by atoms with E-state index in [0.717, 1.165) is 51.5 Å². The van der Waals surface area contributed by atoms with Gasteiger partial charge in [0.2, 0.25) is 0 Å². The minimum absolute atomic E-state index is 0.0998. The summed E-state index contributed by atoms with van der Waals surface area (Å²) in [4.78, 5) is 4.58. The first-order valence-electron chi connectivity index (χ1n) is 8.21. The first-order valence-corrected chi connectivity index (χ1v) is 8.21. The molecule has 21 heavy (non-hydrogen) atoms. The summed E-state index contributed by atoms with van der Waals surface area (Å²) >= 11 is 0. The van der Waals surface area contributed by atoms with Crippen LogP contribution in [0.5, 0.6) is 0 Å². The zero-order valence-corrected chi connectivity index (χ0v) is 13.4. The number of piperazine rings is 1. The van der Waals surface area contributed by atoms with Gasteiger partial charge in [-0.2, -0.15) is 0 Å². The van der Waals surface area contributed by atoms with Gasteiger partial charge >= 0.3 is 0 Å². The van der Waals surface area contributed by atoms with Crippen LogP contribution in [0.15, 0.2) is 18.2 Å². The fraction of sp³-hybridized carbons (Fsp3) is 0.647. The topological polar surface area (TPSA) is 18.5 Å². The molecule has 1 fully saturated rings. The van der Waals surface area contributed by atoms with E-state index in [1.54, 1.807) is 6.07 Å². The van der Waals surface area contributed by atoms with Crippen LogP contribution in [0, 0.1) is 5.82 Å². The molecular formula is C17H28FN3. The van der Waals surface area contributed by atoms with Crippen LogP contribution in [0.2, 0.25) is 0 Å². The number of unbranched alkanes of at least 4 members (excludes halogenated alkanes) is 1. The molecule has 0 atom stereocenters. The van der Waals surface area contributed by atoms with Crippen molar-refractivity contribution in [3.05, 3.63) is 29.6 Å². The lowest BCUT2D eigenvalue weighted by Crippen LogP contribution is -2.46. The molecule has 1 saturated heterocycles. The summed E-state index contributed by atoms with van der Waals surface area (Å²) in [5.74, 6) is -0.0998. The quantitative estimate of drug-likeness (QED) is 0.780. The Hall–Kier alpha value is -1.13. The number of rotatable bonds is 7. The first-order chi connectivity index (χ1) is 10.2. The lowest BCUT2D eigenvalue weighted by Gasteiger charge is -2.35. The van der Waals surface area contributed by atoms with Gasteiger partial charge in [-0.25, -0.2) is 4.39 Å². The van der Waals surface area contributed by atoms with Gasteiger partial charge in [-0.05, 0) is 37.2 Å². The monoisotopic (exact) mass is 293 g/mol. The fourth-order valence-corrected chi connectivity index (χ4v) is 2.75. The molecule has 0 amide bonds. The number of anilines is 1. The van der Waals surface area contributed by atoms with Crippen LogP contribution >= 0.6 is 0 Å². The molecule has 1 aromatic rings. The average Bonchev–Trinajstić information content (AvgIpc) is 2.53. The number of nitrogens with zero attached hydrogens (tertiary/aromatic N) is 2. The van der Waals surface area contributed by atoms with E-state index in [2.05, 4.69) is 29.0 Å². The third-order valence-corrected chi connectivity index (χ3v) is 4.21. The SMILES string of the molecule is CCCCNCc1ccc(F)c(N2CCN(CC)CC2)c1. The zero-order chi connectivity index (χ0) is 15.1. The fourth-order valence-electron chi connectivity index (χ4n) is 2.75. The summed E-state index contributed by atoms with van der Waals surface area (Å²) in [6.45, 7) is 11.2. The number of hydrogen-bond donors (Lipinski definition) is 1. The molecule has 2 rings (SSSR count). The van der Waals surface area contributed by atoms with Gasteiger partial charge in [-0.1, -0.05) is 26.3 Å². The molecule has 0 saturated carbocycles. The van der Waals surface area contributed by atoms with E-state index in [1.165, 1.54) is 18.4 Å². The van der Waals surface area contributed by atoms with Gasteiger partial charge in [0.1, 0.15) is 5.82 Å². The van der Waals surface area contributed by atoms with Gasteiger partial charge in [-0.3, -0.25) is 0 Å². The Labute approximate surface area is 128 Å². The summed E-state index contributed by atoms with van der Waals surface area (Å²) in [6.07, 6.45) is 2.39. The maximum absolute atomic E-state index is 14.1. The molecule has 4 heteroatoms. The van der Waals surface area contributed by atoms with Crippen molar-refractivity contribution in [1.82, 2.24) is 10.2 Å². The summed E-state index contributed by atoms with van der Waals surface area (Å²) in [5, 5.41) is 3.42.